The minimum Gasteiger partial charge on any atom is -0.503 e. The van der Waals surface area contributed by atoms with Crippen LogP contribution in [-0.4, -0.2) is 35.4 Å². The van der Waals surface area contributed by atoms with Gasteiger partial charge >= 0.3 is 5.97 Å². The van der Waals surface area contributed by atoms with Crippen molar-refractivity contribution in [2.45, 2.75) is 17.0 Å². The van der Waals surface area contributed by atoms with Crippen molar-refractivity contribution in [1.29, 1.82) is 0 Å². The molecule has 0 radical (unpaired) electrons. The van der Waals surface area contributed by atoms with Crippen LogP contribution in [-0.2, 0) is 14.3 Å². The highest BCUT2D eigenvalue weighted by Gasteiger charge is 2.18. The smallest absolute Gasteiger partial charge is 0.341 e. The molecule has 0 aliphatic rings. The largest absolute Gasteiger partial charge is 0.503 e. The highest BCUT2D eigenvalue weighted by molar-refractivity contribution is 7.99. The highest BCUT2D eigenvalue weighted by atomic mass is 32.2. The third-order valence-corrected chi connectivity index (χ3v) is 4.88. The monoisotopic (exact) mass is 409 g/mol. The Morgan fingerprint density at radius 3 is 2.59 bits per heavy atom. The van der Waals surface area contributed by atoms with E-state index in [9.17, 15) is 4.79 Å². The minimum atomic E-state index is -0.542. The van der Waals surface area contributed by atoms with Crippen molar-refractivity contribution in [3.63, 3.8) is 0 Å². The first-order valence-corrected chi connectivity index (χ1v) is 9.45. The Bertz CT molecular complexity index is 1040. The molecule has 0 spiro atoms. The summed E-state index contributed by atoms with van der Waals surface area (Å²) in [4.78, 5) is 17.6. The Hall–Kier alpha value is -3.39. The molecule has 29 heavy (non-hydrogen) atoms. The first-order valence-electron chi connectivity index (χ1n) is 8.64. The fraction of sp³-hybridized carbons (Fsp3) is 0.143. The number of methoxy groups -OCH3 is 2. The van der Waals surface area contributed by atoms with Gasteiger partial charge in [0.25, 0.3) is 0 Å². The van der Waals surface area contributed by atoms with E-state index in [1.807, 2.05) is 31.2 Å². The van der Waals surface area contributed by atoms with Crippen LogP contribution in [0.4, 0.5) is 0 Å². The number of ether oxygens (including phenoxy) is 3. The van der Waals surface area contributed by atoms with Gasteiger partial charge in [0.2, 0.25) is 11.0 Å². The summed E-state index contributed by atoms with van der Waals surface area (Å²) in [6.45, 7) is 2.02. The molecule has 0 aliphatic heterocycles. The Kier molecular flexibility index (Phi) is 6.80. The molecule has 2 aromatic carbocycles. The normalized spacial score (nSPS) is 11.1. The zero-order valence-electron chi connectivity index (χ0n) is 16.2. The van der Waals surface area contributed by atoms with Gasteiger partial charge in [-0.05, 0) is 36.4 Å². The second-order valence-electron chi connectivity index (χ2n) is 5.80. The Labute approximate surface area is 172 Å². The van der Waals surface area contributed by atoms with Gasteiger partial charge in [-0.1, -0.05) is 36.4 Å². The van der Waals surface area contributed by atoms with E-state index in [-0.39, 0.29) is 11.5 Å². The van der Waals surface area contributed by atoms with E-state index in [2.05, 4.69) is 15.2 Å². The molecule has 3 aromatic rings. The van der Waals surface area contributed by atoms with Crippen LogP contribution < -0.4 is 4.74 Å². The Morgan fingerprint density at radius 1 is 1.07 bits per heavy atom. The molecule has 0 amide bonds. The lowest BCUT2D eigenvalue weighted by atomic mass is 10.1. The minimum absolute atomic E-state index is 0.224. The summed E-state index contributed by atoms with van der Waals surface area (Å²) in [5.41, 5.74) is 1.85. The number of carbonyl (C=O) groups excluding carboxylic acids is 1. The highest BCUT2D eigenvalue weighted by Crippen LogP contribution is 2.32. The molecule has 7 nitrogen and oxygen atoms in total. The number of esters is 1. The molecular weight excluding hydrogens is 390 g/mol. The summed E-state index contributed by atoms with van der Waals surface area (Å²) in [5.74, 6) is 0.123. The fourth-order valence-corrected chi connectivity index (χ4v) is 3.27. The predicted molar refractivity (Wildman–Crippen MR) is 109 cm³/mol. The SMILES string of the molecule is CO/C=C(/C(=O)OC)c1ccccc1Oc1cnnc(Sc2ccccc2C)n1. The molecule has 3 rings (SSSR count). The van der Waals surface area contributed by atoms with Gasteiger partial charge in [0.1, 0.15) is 17.5 Å². The Balaban J connectivity index is 1.89. The number of hydrogen-bond donors (Lipinski definition) is 0. The van der Waals surface area contributed by atoms with E-state index in [4.69, 9.17) is 14.2 Å². The average Bonchev–Trinajstić information content (AvgIpc) is 2.74. The average molecular weight is 409 g/mol. The quantitative estimate of drug-likeness (QED) is 0.325. The van der Waals surface area contributed by atoms with Gasteiger partial charge in [0.05, 0.1) is 20.5 Å². The molecule has 0 bridgehead atoms. The second-order valence-corrected chi connectivity index (χ2v) is 6.81. The third-order valence-electron chi connectivity index (χ3n) is 3.84. The lowest BCUT2D eigenvalue weighted by molar-refractivity contribution is -0.133. The standard InChI is InChI=1S/C21H19N3O4S/c1-14-8-4-7-11-18(14)29-21-23-19(12-22-24-21)28-17-10-6-5-9-15(17)16(13-26-2)20(25)27-3/h4-13H,1-3H3/b16-13+. The molecule has 1 heterocycles. The first-order chi connectivity index (χ1) is 14.1. The molecule has 0 N–H and O–H groups in total. The van der Waals surface area contributed by atoms with Crippen molar-refractivity contribution in [2.24, 2.45) is 0 Å². The van der Waals surface area contributed by atoms with Crippen molar-refractivity contribution in [3.05, 3.63) is 72.1 Å². The van der Waals surface area contributed by atoms with Gasteiger partial charge in [-0.25, -0.2) is 4.79 Å². The van der Waals surface area contributed by atoms with Crippen LogP contribution >= 0.6 is 11.8 Å². The van der Waals surface area contributed by atoms with Crippen molar-refractivity contribution in [1.82, 2.24) is 15.2 Å². The molecule has 0 saturated carbocycles. The van der Waals surface area contributed by atoms with E-state index >= 15 is 0 Å². The van der Waals surface area contributed by atoms with Crippen molar-refractivity contribution in [3.8, 4) is 11.6 Å². The molecule has 0 atom stereocenters. The maximum atomic E-state index is 12.1. The van der Waals surface area contributed by atoms with E-state index in [0.717, 1.165) is 10.5 Å². The molecule has 0 aliphatic carbocycles. The molecular formula is C21H19N3O4S. The lowest BCUT2D eigenvalue weighted by Gasteiger charge is -2.12. The summed E-state index contributed by atoms with van der Waals surface area (Å²) in [7, 11) is 2.76. The van der Waals surface area contributed by atoms with Gasteiger partial charge in [-0.3, -0.25) is 0 Å². The number of aromatic nitrogens is 3. The number of aryl methyl sites for hydroxylation is 1. The van der Waals surface area contributed by atoms with Crippen LogP contribution in [0, 0.1) is 6.92 Å². The number of rotatable bonds is 7. The number of carbonyl (C=O) groups is 1. The molecule has 0 saturated heterocycles. The molecule has 0 fully saturated rings. The van der Waals surface area contributed by atoms with E-state index < -0.39 is 5.97 Å². The van der Waals surface area contributed by atoms with Gasteiger partial charge in [0.15, 0.2) is 0 Å². The van der Waals surface area contributed by atoms with Crippen molar-refractivity contribution >= 4 is 23.3 Å². The van der Waals surface area contributed by atoms with Gasteiger partial charge in [-0.15, -0.1) is 5.10 Å². The van der Waals surface area contributed by atoms with E-state index in [0.29, 0.717) is 16.5 Å². The summed E-state index contributed by atoms with van der Waals surface area (Å²) in [6.07, 6.45) is 2.72. The maximum absolute atomic E-state index is 12.1. The number of hydrogen-bond acceptors (Lipinski definition) is 8. The summed E-state index contributed by atoms with van der Waals surface area (Å²) >= 11 is 1.40. The van der Waals surface area contributed by atoms with Gasteiger partial charge in [0, 0.05) is 10.5 Å². The molecule has 1 aromatic heterocycles. The third kappa shape index (κ3) is 5.11. The topological polar surface area (TPSA) is 83.4 Å². The summed E-state index contributed by atoms with van der Waals surface area (Å²) in [6, 6.07) is 15.0. The molecule has 148 valence electrons. The molecule has 8 heteroatoms. The van der Waals surface area contributed by atoms with Gasteiger partial charge < -0.3 is 14.2 Å². The van der Waals surface area contributed by atoms with Gasteiger partial charge in [-0.2, -0.15) is 10.1 Å². The first kappa shape index (κ1) is 20.3. The second kappa shape index (κ2) is 9.70. The fourth-order valence-electron chi connectivity index (χ4n) is 2.48. The summed E-state index contributed by atoms with van der Waals surface area (Å²) in [5, 5.41) is 8.50. The Morgan fingerprint density at radius 2 is 1.83 bits per heavy atom. The van der Waals surface area contributed by atoms with Crippen molar-refractivity contribution in [2.75, 3.05) is 14.2 Å². The van der Waals surface area contributed by atoms with Crippen LogP contribution in [0.3, 0.4) is 0 Å². The van der Waals surface area contributed by atoms with Crippen molar-refractivity contribution < 1.29 is 19.0 Å². The zero-order valence-corrected chi connectivity index (χ0v) is 17.0. The van der Waals surface area contributed by atoms with Crippen LogP contribution in [0.1, 0.15) is 11.1 Å². The van der Waals surface area contributed by atoms with E-state index in [1.165, 1.54) is 38.4 Å². The van der Waals surface area contributed by atoms with Crippen LogP contribution in [0.15, 0.2) is 71.0 Å². The van der Waals surface area contributed by atoms with Crippen LogP contribution in [0.5, 0.6) is 11.6 Å². The zero-order chi connectivity index (χ0) is 20.6. The van der Waals surface area contributed by atoms with Crippen LogP contribution in [0.25, 0.3) is 5.57 Å². The predicted octanol–water partition coefficient (Wildman–Crippen LogP) is 4.28. The number of para-hydroxylation sites is 1. The molecule has 0 unspecified atom stereocenters. The maximum Gasteiger partial charge on any atom is 0.341 e. The summed E-state index contributed by atoms with van der Waals surface area (Å²) < 4.78 is 15.8. The lowest BCUT2D eigenvalue weighted by Crippen LogP contribution is -2.06. The number of benzene rings is 2. The number of nitrogens with zero attached hydrogens (tertiary/aromatic N) is 3. The van der Waals surface area contributed by atoms with Crippen LogP contribution in [0.2, 0.25) is 0 Å². The van der Waals surface area contributed by atoms with E-state index in [1.54, 1.807) is 24.3 Å².